The summed E-state index contributed by atoms with van der Waals surface area (Å²) in [5.41, 5.74) is 1.42. The van der Waals surface area contributed by atoms with Crippen molar-refractivity contribution in [1.29, 1.82) is 0 Å². The van der Waals surface area contributed by atoms with Crippen LogP contribution in [0.3, 0.4) is 0 Å². The Kier molecular flexibility index (Phi) is 6.49. The normalized spacial score (nSPS) is 17.9. The summed E-state index contributed by atoms with van der Waals surface area (Å²) in [6, 6.07) is 6.41. The van der Waals surface area contributed by atoms with Crippen LogP contribution in [0.5, 0.6) is 0 Å². The highest BCUT2D eigenvalue weighted by atomic mass is 35.5. The Morgan fingerprint density at radius 1 is 1.21 bits per heavy atom. The van der Waals surface area contributed by atoms with Gasteiger partial charge in [0.15, 0.2) is 0 Å². The first-order valence-corrected chi connectivity index (χ1v) is 9.55. The summed E-state index contributed by atoms with van der Waals surface area (Å²) < 4.78 is 13.0. The predicted octanol–water partition coefficient (Wildman–Crippen LogP) is 4.05. The Labute approximate surface area is 171 Å². The van der Waals surface area contributed by atoms with Gasteiger partial charge in [-0.15, -0.1) is 0 Å². The minimum absolute atomic E-state index is 0.157. The van der Waals surface area contributed by atoms with Crippen molar-refractivity contribution >= 4 is 46.5 Å². The Morgan fingerprint density at radius 2 is 1.89 bits per heavy atom. The molecule has 1 saturated carbocycles. The van der Waals surface area contributed by atoms with Crippen LogP contribution in [0.1, 0.15) is 29.3 Å². The Balaban J connectivity index is 1.71. The number of rotatable bonds is 7. The molecule has 1 fully saturated rings. The molecule has 0 spiro atoms. The van der Waals surface area contributed by atoms with Crippen LogP contribution in [-0.4, -0.2) is 29.5 Å². The zero-order chi connectivity index (χ0) is 20.3. The van der Waals surface area contributed by atoms with Crippen molar-refractivity contribution in [3.8, 4) is 0 Å². The summed E-state index contributed by atoms with van der Waals surface area (Å²) in [5, 5.41) is 8.86. The van der Waals surface area contributed by atoms with E-state index in [1.165, 1.54) is 12.3 Å². The van der Waals surface area contributed by atoms with E-state index >= 15 is 0 Å². The van der Waals surface area contributed by atoms with E-state index in [4.69, 9.17) is 23.2 Å². The van der Waals surface area contributed by atoms with Gasteiger partial charge in [-0.3, -0.25) is 9.59 Å². The Morgan fingerprint density at radius 3 is 2.50 bits per heavy atom. The maximum atomic E-state index is 13.0. The molecule has 1 aromatic heterocycles. The molecule has 1 aliphatic rings. The smallest absolute Gasteiger partial charge is 0.258 e. The van der Waals surface area contributed by atoms with Crippen molar-refractivity contribution in [3.05, 3.63) is 51.6 Å². The Hall–Kier alpha value is -2.22. The van der Waals surface area contributed by atoms with E-state index in [2.05, 4.69) is 20.9 Å². The van der Waals surface area contributed by atoms with Gasteiger partial charge in [-0.25, -0.2) is 9.37 Å². The highest BCUT2D eigenvalue weighted by molar-refractivity contribution is 6.40. The van der Waals surface area contributed by atoms with Crippen LogP contribution in [-0.2, 0) is 11.3 Å². The van der Waals surface area contributed by atoms with Crippen LogP contribution in [0, 0.1) is 5.92 Å². The van der Waals surface area contributed by atoms with E-state index in [1.807, 2.05) is 6.92 Å². The molecule has 2 amide bonds. The molecule has 1 heterocycles. The van der Waals surface area contributed by atoms with Gasteiger partial charge in [-0.1, -0.05) is 30.1 Å². The predicted molar refractivity (Wildman–Crippen MR) is 108 cm³/mol. The van der Waals surface area contributed by atoms with Gasteiger partial charge in [0.1, 0.15) is 12.0 Å². The van der Waals surface area contributed by atoms with Gasteiger partial charge in [0, 0.05) is 24.5 Å². The molecule has 0 saturated heterocycles. The van der Waals surface area contributed by atoms with Gasteiger partial charge in [-0.05, 0) is 36.7 Å². The van der Waals surface area contributed by atoms with Gasteiger partial charge in [0.05, 0.1) is 21.5 Å². The van der Waals surface area contributed by atoms with Crippen LogP contribution in [0.4, 0.5) is 15.9 Å². The third-order valence-electron chi connectivity index (χ3n) is 4.23. The maximum Gasteiger partial charge on any atom is 0.258 e. The number of pyridine rings is 1. The zero-order valence-corrected chi connectivity index (χ0v) is 16.6. The number of benzene rings is 1. The number of carbonyl (C=O) groups is 2. The number of nitrogens with zero attached hydrogens (tertiary/aromatic N) is 1. The second-order valence-electron chi connectivity index (χ2n) is 6.45. The minimum atomic E-state index is -1.09. The number of nitrogens with one attached hydrogen (secondary N) is 3. The Bertz CT molecular complexity index is 886. The maximum absolute atomic E-state index is 13.0. The van der Waals surface area contributed by atoms with Crippen molar-refractivity contribution < 1.29 is 14.0 Å². The van der Waals surface area contributed by atoms with Crippen LogP contribution in [0.2, 0.25) is 10.0 Å². The third-order valence-corrected chi connectivity index (χ3v) is 4.82. The molecule has 1 aromatic carbocycles. The second-order valence-corrected chi connectivity index (χ2v) is 7.26. The second kappa shape index (κ2) is 8.86. The molecule has 0 unspecified atom stereocenters. The molecule has 6 nitrogen and oxygen atoms in total. The van der Waals surface area contributed by atoms with Gasteiger partial charge >= 0.3 is 0 Å². The van der Waals surface area contributed by atoms with E-state index in [0.29, 0.717) is 12.2 Å². The molecule has 0 aliphatic heterocycles. The summed E-state index contributed by atoms with van der Waals surface area (Å²) in [6.07, 6.45) is 0.555. The minimum Gasteiger partial charge on any atom is -0.322 e. The van der Waals surface area contributed by atoms with Gasteiger partial charge in [-0.2, -0.15) is 0 Å². The molecule has 2 aromatic rings. The van der Waals surface area contributed by atoms with Crippen molar-refractivity contribution in [1.82, 2.24) is 10.3 Å². The van der Waals surface area contributed by atoms with E-state index in [1.54, 1.807) is 18.2 Å². The van der Waals surface area contributed by atoms with E-state index in [9.17, 15) is 14.0 Å². The van der Waals surface area contributed by atoms with Crippen LogP contribution >= 0.6 is 23.2 Å². The molecule has 3 rings (SSSR count). The molecule has 1 aliphatic carbocycles. The quantitative estimate of drug-likeness (QED) is 0.625. The standard InChI is InChI=1S/C19H19Cl2FN4O2/c1-2-23-9-10-5-13(20)17(14(21)6-10)19(28)25-11-3-4-24-16(7-11)26-18(27)12-8-15(12)22/h3-7,12,15,23H,2,8-9H2,1H3,(H2,24,25,26,27,28)/t12-,15+/m0/s1. The zero-order valence-electron chi connectivity index (χ0n) is 15.1. The summed E-state index contributed by atoms with van der Waals surface area (Å²) >= 11 is 12.5. The number of amides is 2. The molecule has 9 heteroatoms. The van der Waals surface area contributed by atoms with E-state index in [0.717, 1.165) is 12.1 Å². The molecule has 28 heavy (non-hydrogen) atoms. The van der Waals surface area contributed by atoms with Crippen molar-refractivity contribution in [2.24, 2.45) is 5.92 Å². The summed E-state index contributed by atoms with van der Waals surface area (Å²) in [6.45, 7) is 3.37. The summed E-state index contributed by atoms with van der Waals surface area (Å²) in [7, 11) is 0. The average molecular weight is 425 g/mol. The number of alkyl halides is 1. The van der Waals surface area contributed by atoms with E-state index < -0.39 is 23.9 Å². The first kappa shape index (κ1) is 20.5. The highest BCUT2D eigenvalue weighted by Gasteiger charge is 2.43. The lowest BCUT2D eigenvalue weighted by atomic mass is 10.1. The number of aromatic nitrogens is 1. The fraction of sp³-hybridized carbons (Fsp3) is 0.316. The summed E-state index contributed by atoms with van der Waals surface area (Å²) in [4.78, 5) is 28.4. The van der Waals surface area contributed by atoms with Gasteiger partial charge < -0.3 is 16.0 Å². The monoisotopic (exact) mass is 424 g/mol. The number of carbonyl (C=O) groups excluding carboxylic acids is 2. The number of halogens is 3. The van der Waals surface area contributed by atoms with Crippen molar-refractivity contribution in [2.75, 3.05) is 17.2 Å². The molecular weight excluding hydrogens is 406 g/mol. The first-order valence-electron chi connectivity index (χ1n) is 8.80. The van der Waals surface area contributed by atoms with Crippen LogP contribution in [0.25, 0.3) is 0 Å². The van der Waals surface area contributed by atoms with Gasteiger partial charge in [0.2, 0.25) is 5.91 Å². The molecule has 2 atom stereocenters. The topological polar surface area (TPSA) is 83.1 Å². The fourth-order valence-corrected chi connectivity index (χ4v) is 3.34. The number of anilines is 2. The largest absolute Gasteiger partial charge is 0.322 e. The fourth-order valence-electron chi connectivity index (χ4n) is 2.64. The molecule has 0 bridgehead atoms. The lowest BCUT2D eigenvalue weighted by Crippen LogP contribution is -2.17. The molecule has 148 valence electrons. The highest BCUT2D eigenvalue weighted by Crippen LogP contribution is 2.34. The van der Waals surface area contributed by atoms with Crippen molar-refractivity contribution in [3.63, 3.8) is 0 Å². The lowest BCUT2D eigenvalue weighted by Gasteiger charge is -2.12. The van der Waals surface area contributed by atoms with Crippen LogP contribution < -0.4 is 16.0 Å². The number of hydrogen-bond acceptors (Lipinski definition) is 4. The summed E-state index contributed by atoms with van der Waals surface area (Å²) in [5.74, 6) is -1.32. The SMILES string of the molecule is CCNCc1cc(Cl)c(C(=O)Nc2ccnc(NC(=O)[C@H]3C[C@H]3F)c2)c(Cl)c1. The molecule has 3 N–H and O–H groups in total. The molecule has 0 radical (unpaired) electrons. The van der Waals surface area contributed by atoms with E-state index in [-0.39, 0.29) is 27.8 Å². The third kappa shape index (κ3) is 4.98. The lowest BCUT2D eigenvalue weighted by molar-refractivity contribution is -0.117. The van der Waals surface area contributed by atoms with Crippen molar-refractivity contribution in [2.45, 2.75) is 26.1 Å². The average Bonchev–Trinajstić information content (AvgIpc) is 3.36. The van der Waals surface area contributed by atoms with Gasteiger partial charge in [0.25, 0.3) is 5.91 Å². The number of hydrogen-bond donors (Lipinski definition) is 3. The van der Waals surface area contributed by atoms with Crippen LogP contribution in [0.15, 0.2) is 30.5 Å². The molecular formula is C19H19Cl2FN4O2. The first-order chi connectivity index (χ1) is 13.4.